The molecule has 17 heavy (non-hydrogen) atoms. The van der Waals surface area contributed by atoms with Gasteiger partial charge in [-0.25, -0.2) is 9.97 Å². The zero-order valence-electron chi connectivity index (χ0n) is 8.87. The summed E-state index contributed by atoms with van der Waals surface area (Å²) in [5.41, 5.74) is 1.87. The van der Waals surface area contributed by atoms with Crippen LogP contribution in [0.3, 0.4) is 0 Å². The zero-order chi connectivity index (χ0) is 12.3. The molecule has 0 aliphatic rings. The number of rotatable bonds is 3. The first-order valence-corrected chi connectivity index (χ1v) is 4.97. The number of aromatic hydroxyl groups is 1. The second-order valence-corrected chi connectivity index (χ2v) is 3.51. The molecule has 1 aromatic carbocycles. The quantitative estimate of drug-likeness (QED) is 0.834. The van der Waals surface area contributed by atoms with Gasteiger partial charge in [0.1, 0.15) is 12.1 Å². The van der Waals surface area contributed by atoms with E-state index >= 15 is 0 Å². The monoisotopic (exact) mass is 230 g/mol. The lowest BCUT2D eigenvalue weighted by atomic mass is 10.1. The maximum absolute atomic E-state index is 10.7. The van der Waals surface area contributed by atoms with Gasteiger partial charge >= 0.3 is 5.97 Å². The molecule has 0 fully saturated rings. The smallest absolute Gasteiger partial charge is 0.307 e. The molecule has 86 valence electrons. The van der Waals surface area contributed by atoms with Gasteiger partial charge in [0.2, 0.25) is 0 Å². The molecule has 1 aromatic heterocycles. The average molecular weight is 230 g/mol. The number of aromatic nitrogens is 2. The first kappa shape index (κ1) is 11.1. The van der Waals surface area contributed by atoms with Gasteiger partial charge in [-0.1, -0.05) is 0 Å². The number of carboxylic acid groups (broad SMARTS) is 1. The Morgan fingerprint density at radius 1 is 1.24 bits per heavy atom. The first-order chi connectivity index (χ1) is 8.16. The molecule has 2 N–H and O–H groups in total. The predicted molar refractivity (Wildman–Crippen MR) is 60.5 cm³/mol. The first-order valence-electron chi connectivity index (χ1n) is 4.97. The third-order valence-electron chi connectivity index (χ3n) is 2.27. The summed E-state index contributed by atoms with van der Waals surface area (Å²) < 4.78 is 0. The number of hydrogen-bond donors (Lipinski definition) is 2. The normalized spacial score (nSPS) is 10.1. The number of nitrogens with zero attached hydrogens (tertiary/aromatic N) is 2. The number of benzene rings is 1. The van der Waals surface area contributed by atoms with Gasteiger partial charge in [-0.2, -0.15) is 0 Å². The third-order valence-corrected chi connectivity index (χ3v) is 2.27. The highest BCUT2D eigenvalue weighted by Crippen LogP contribution is 2.22. The van der Waals surface area contributed by atoms with Gasteiger partial charge in [-0.3, -0.25) is 4.79 Å². The number of hydrogen-bond acceptors (Lipinski definition) is 4. The van der Waals surface area contributed by atoms with Crippen LogP contribution in [0.2, 0.25) is 0 Å². The maximum Gasteiger partial charge on any atom is 0.307 e. The van der Waals surface area contributed by atoms with Crippen LogP contribution in [0, 0.1) is 0 Å². The van der Waals surface area contributed by atoms with E-state index in [0.717, 1.165) is 5.56 Å². The molecular formula is C12H10N2O3. The van der Waals surface area contributed by atoms with Gasteiger partial charge in [-0.15, -0.1) is 0 Å². The van der Waals surface area contributed by atoms with Crippen LogP contribution >= 0.6 is 0 Å². The van der Waals surface area contributed by atoms with Gasteiger partial charge in [0.25, 0.3) is 0 Å². The fourth-order valence-corrected chi connectivity index (χ4v) is 1.53. The second kappa shape index (κ2) is 4.61. The predicted octanol–water partition coefficient (Wildman–Crippen LogP) is 1.48. The lowest BCUT2D eigenvalue weighted by Crippen LogP contribution is -2.03. The van der Waals surface area contributed by atoms with Crippen molar-refractivity contribution in [1.82, 2.24) is 9.97 Å². The highest BCUT2D eigenvalue weighted by atomic mass is 16.4. The number of phenols is 1. The Balaban J connectivity index is 2.44. The third kappa shape index (κ3) is 2.57. The van der Waals surface area contributed by atoms with Crippen LogP contribution in [0.4, 0.5) is 0 Å². The fourth-order valence-electron chi connectivity index (χ4n) is 1.53. The van der Waals surface area contributed by atoms with Gasteiger partial charge in [-0.05, 0) is 24.3 Å². The summed E-state index contributed by atoms with van der Waals surface area (Å²) in [7, 11) is 0. The topological polar surface area (TPSA) is 83.3 Å². The molecule has 0 saturated carbocycles. The minimum atomic E-state index is -0.931. The Morgan fingerprint density at radius 2 is 1.94 bits per heavy atom. The maximum atomic E-state index is 10.7. The van der Waals surface area contributed by atoms with Crippen LogP contribution in [-0.2, 0) is 11.2 Å². The average Bonchev–Trinajstić information content (AvgIpc) is 2.30. The van der Waals surface area contributed by atoms with E-state index in [9.17, 15) is 9.90 Å². The summed E-state index contributed by atoms with van der Waals surface area (Å²) in [6, 6.07) is 6.43. The molecule has 5 nitrogen and oxygen atoms in total. The van der Waals surface area contributed by atoms with Crippen molar-refractivity contribution in [2.45, 2.75) is 6.42 Å². The zero-order valence-corrected chi connectivity index (χ0v) is 8.87. The molecule has 1 heterocycles. The molecule has 0 atom stereocenters. The molecule has 5 heteroatoms. The van der Waals surface area contributed by atoms with E-state index in [1.54, 1.807) is 12.1 Å². The molecule has 0 aliphatic carbocycles. The van der Waals surface area contributed by atoms with Crippen molar-refractivity contribution in [2.24, 2.45) is 0 Å². The molecule has 0 aliphatic heterocycles. The van der Waals surface area contributed by atoms with Crippen molar-refractivity contribution in [2.75, 3.05) is 0 Å². The van der Waals surface area contributed by atoms with Crippen LogP contribution in [-0.4, -0.2) is 26.2 Å². The van der Waals surface area contributed by atoms with Crippen molar-refractivity contribution >= 4 is 5.97 Å². The Labute approximate surface area is 97.4 Å². The second-order valence-electron chi connectivity index (χ2n) is 3.51. The minimum absolute atomic E-state index is 0.128. The molecule has 2 rings (SSSR count). The number of aliphatic carboxylic acids is 1. The Bertz CT molecular complexity index is 538. The Kier molecular flexibility index (Phi) is 3.00. The van der Waals surface area contributed by atoms with E-state index in [1.165, 1.54) is 24.7 Å². The van der Waals surface area contributed by atoms with Crippen LogP contribution in [0.5, 0.6) is 5.75 Å². The summed E-state index contributed by atoms with van der Waals surface area (Å²) in [6.45, 7) is 0. The molecule has 0 spiro atoms. The van der Waals surface area contributed by atoms with Crippen LogP contribution < -0.4 is 0 Å². The van der Waals surface area contributed by atoms with E-state index < -0.39 is 5.97 Å². The lowest BCUT2D eigenvalue weighted by molar-refractivity contribution is -0.136. The lowest BCUT2D eigenvalue weighted by Gasteiger charge is -2.05. The van der Waals surface area contributed by atoms with Crippen molar-refractivity contribution in [3.63, 3.8) is 0 Å². The highest BCUT2D eigenvalue weighted by molar-refractivity contribution is 5.74. The van der Waals surface area contributed by atoms with Crippen molar-refractivity contribution in [1.29, 1.82) is 0 Å². The van der Waals surface area contributed by atoms with Crippen molar-refractivity contribution in [3.8, 4) is 17.0 Å². The summed E-state index contributed by atoms with van der Waals surface area (Å²) in [4.78, 5) is 18.6. The van der Waals surface area contributed by atoms with Gasteiger partial charge in [0, 0.05) is 17.3 Å². The minimum Gasteiger partial charge on any atom is -0.508 e. The van der Waals surface area contributed by atoms with Crippen LogP contribution in [0.25, 0.3) is 11.3 Å². The highest BCUT2D eigenvalue weighted by Gasteiger charge is 2.10. The molecule has 0 saturated heterocycles. The molecular weight excluding hydrogens is 220 g/mol. The van der Waals surface area contributed by atoms with Crippen molar-refractivity contribution in [3.05, 3.63) is 42.4 Å². The molecule has 0 unspecified atom stereocenters. The summed E-state index contributed by atoms with van der Waals surface area (Å²) >= 11 is 0. The molecule has 0 bridgehead atoms. The van der Waals surface area contributed by atoms with Crippen molar-refractivity contribution < 1.29 is 15.0 Å². The van der Waals surface area contributed by atoms with E-state index in [1.807, 2.05) is 0 Å². The standard InChI is InChI=1S/C12H10N2O3/c15-10-3-1-8(2-4-10)12-9(5-11(16)17)6-13-7-14-12/h1-4,6-7,15H,5H2,(H,16,17). The van der Waals surface area contributed by atoms with E-state index in [0.29, 0.717) is 11.3 Å². The number of carbonyl (C=O) groups is 1. The summed E-state index contributed by atoms with van der Waals surface area (Å²) in [5.74, 6) is -0.776. The number of carboxylic acids is 1. The SMILES string of the molecule is O=C(O)Cc1cncnc1-c1ccc(O)cc1. The van der Waals surface area contributed by atoms with Gasteiger partial charge in [0.05, 0.1) is 12.1 Å². The Hall–Kier alpha value is -2.43. The summed E-state index contributed by atoms with van der Waals surface area (Å²) in [5, 5.41) is 18.0. The van der Waals surface area contributed by atoms with Crippen LogP contribution in [0.15, 0.2) is 36.8 Å². The van der Waals surface area contributed by atoms with Gasteiger partial charge < -0.3 is 10.2 Å². The number of phenolic OH excluding ortho intramolecular Hbond substituents is 1. The van der Waals surface area contributed by atoms with E-state index in [-0.39, 0.29) is 12.2 Å². The van der Waals surface area contributed by atoms with E-state index in [2.05, 4.69) is 9.97 Å². The largest absolute Gasteiger partial charge is 0.508 e. The molecule has 0 amide bonds. The van der Waals surface area contributed by atoms with E-state index in [4.69, 9.17) is 5.11 Å². The Morgan fingerprint density at radius 3 is 2.59 bits per heavy atom. The molecule has 2 aromatic rings. The van der Waals surface area contributed by atoms with Gasteiger partial charge in [0.15, 0.2) is 0 Å². The molecule has 0 radical (unpaired) electrons. The fraction of sp³-hybridized carbons (Fsp3) is 0.0833. The summed E-state index contributed by atoms with van der Waals surface area (Å²) in [6.07, 6.45) is 2.73. The van der Waals surface area contributed by atoms with Crippen LogP contribution in [0.1, 0.15) is 5.56 Å².